The number of ether oxygens (including phenoxy) is 3. The lowest BCUT2D eigenvalue weighted by atomic mass is 10.1. The van der Waals surface area contributed by atoms with E-state index >= 15 is 0 Å². The summed E-state index contributed by atoms with van der Waals surface area (Å²) in [5.74, 6) is 2.04. The van der Waals surface area contributed by atoms with Gasteiger partial charge in [-0.05, 0) is 44.0 Å². The van der Waals surface area contributed by atoms with Crippen molar-refractivity contribution in [2.24, 2.45) is 0 Å². The van der Waals surface area contributed by atoms with Gasteiger partial charge in [-0.1, -0.05) is 19.1 Å². The molecule has 6 nitrogen and oxygen atoms in total. The predicted octanol–water partition coefficient (Wildman–Crippen LogP) is 5.77. The minimum Gasteiger partial charge on any atom is -0.493 e. The lowest BCUT2D eigenvalue weighted by molar-refractivity contribution is -0.137. The quantitative estimate of drug-likeness (QED) is 0.385. The van der Waals surface area contributed by atoms with Crippen LogP contribution < -0.4 is 14.8 Å². The Morgan fingerprint density at radius 3 is 2.58 bits per heavy atom. The number of nitrogens with zero attached hydrogens (tertiary/aromatic N) is 2. The van der Waals surface area contributed by atoms with Crippen molar-refractivity contribution in [1.82, 2.24) is 9.97 Å². The number of aromatic nitrogens is 2. The molecule has 0 aliphatic carbocycles. The van der Waals surface area contributed by atoms with Crippen molar-refractivity contribution in [1.29, 1.82) is 0 Å². The van der Waals surface area contributed by atoms with E-state index in [1.54, 1.807) is 32.2 Å². The summed E-state index contributed by atoms with van der Waals surface area (Å²) in [6.07, 6.45) is -3.69. The summed E-state index contributed by atoms with van der Waals surface area (Å²) in [5.41, 5.74) is 0.430. The molecule has 0 aliphatic heterocycles. The number of anilines is 1. The average Bonchev–Trinajstić information content (AvgIpc) is 2.77. The number of halogens is 3. The van der Waals surface area contributed by atoms with E-state index in [4.69, 9.17) is 14.2 Å². The molecule has 1 unspecified atom stereocenters. The van der Waals surface area contributed by atoms with Crippen LogP contribution in [-0.2, 0) is 17.5 Å². The van der Waals surface area contributed by atoms with Gasteiger partial charge in [-0.25, -0.2) is 9.97 Å². The van der Waals surface area contributed by atoms with Crippen molar-refractivity contribution in [3.8, 4) is 11.5 Å². The Kier molecular flexibility index (Phi) is 7.97. The molecule has 0 bridgehead atoms. The van der Waals surface area contributed by atoms with E-state index in [2.05, 4.69) is 15.3 Å². The van der Waals surface area contributed by atoms with Crippen LogP contribution >= 0.6 is 0 Å². The van der Waals surface area contributed by atoms with E-state index in [-0.39, 0.29) is 12.6 Å². The molecule has 3 rings (SSSR count). The fourth-order valence-corrected chi connectivity index (χ4v) is 3.33. The molecule has 33 heavy (non-hydrogen) atoms. The average molecular weight is 464 g/mol. The van der Waals surface area contributed by atoms with Gasteiger partial charge in [-0.2, -0.15) is 13.2 Å². The summed E-state index contributed by atoms with van der Waals surface area (Å²) in [7, 11) is 1.55. The van der Waals surface area contributed by atoms with Gasteiger partial charge in [0.05, 0.1) is 24.8 Å². The van der Waals surface area contributed by atoms with E-state index in [9.17, 15) is 13.2 Å². The SMILES string of the molecule is CCCOCC(C)Oc1cc2c(NCc3cccc(C(F)(F)F)c3)nc(C)nc2cc1OC. The standard InChI is InChI=1S/C24H28F3N3O3/c1-5-9-32-14-15(2)33-22-11-19-20(12-21(22)31-4)29-16(3)30-23(19)28-13-17-7-6-8-18(10-17)24(25,26)27/h6-8,10-12,15H,5,9,13-14H2,1-4H3,(H,28,29,30). The molecule has 0 aliphatic rings. The van der Waals surface area contributed by atoms with Crippen molar-refractivity contribution in [2.45, 2.75) is 46.0 Å². The number of hydrogen-bond acceptors (Lipinski definition) is 6. The second kappa shape index (κ2) is 10.7. The Morgan fingerprint density at radius 1 is 1.09 bits per heavy atom. The molecule has 0 saturated carbocycles. The second-order valence-corrected chi connectivity index (χ2v) is 7.69. The molecule has 0 saturated heterocycles. The lowest BCUT2D eigenvalue weighted by Gasteiger charge is -2.18. The highest BCUT2D eigenvalue weighted by Crippen LogP contribution is 2.35. The lowest BCUT2D eigenvalue weighted by Crippen LogP contribution is -2.19. The Hall–Kier alpha value is -3.07. The minimum absolute atomic E-state index is 0.166. The van der Waals surface area contributed by atoms with Crippen molar-refractivity contribution in [3.05, 3.63) is 53.3 Å². The van der Waals surface area contributed by atoms with E-state index in [0.717, 1.165) is 18.6 Å². The fraction of sp³-hybridized carbons (Fsp3) is 0.417. The van der Waals surface area contributed by atoms with Gasteiger partial charge < -0.3 is 19.5 Å². The Labute approximate surface area is 191 Å². The van der Waals surface area contributed by atoms with Crippen molar-refractivity contribution in [2.75, 3.05) is 25.6 Å². The number of benzene rings is 2. The number of rotatable bonds is 10. The highest BCUT2D eigenvalue weighted by Gasteiger charge is 2.30. The summed E-state index contributed by atoms with van der Waals surface area (Å²) in [5, 5.41) is 3.82. The number of hydrogen-bond donors (Lipinski definition) is 1. The molecule has 0 amide bonds. The Balaban J connectivity index is 1.88. The first-order valence-corrected chi connectivity index (χ1v) is 10.7. The van der Waals surface area contributed by atoms with E-state index < -0.39 is 11.7 Å². The first-order valence-electron chi connectivity index (χ1n) is 10.7. The molecule has 2 aromatic carbocycles. The number of alkyl halides is 3. The van der Waals surface area contributed by atoms with Crippen LogP contribution in [0.25, 0.3) is 10.9 Å². The summed E-state index contributed by atoms with van der Waals surface area (Å²) in [6.45, 7) is 6.93. The number of methoxy groups -OCH3 is 1. The van der Waals surface area contributed by atoms with Crippen LogP contribution in [0.2, 0.25) is 0 Å². The monoisotopic (exact) mass is 463 g/mol. The van der Waals surface area contributed by atoms with Gasteiger partial charge >= 0.3 is 6.18 Å². The third kappa shape index (κ3) is 6.47. The normalized spacial score (nSPS) is 12.6. The zero-order valence-corrected chi connectivity index (χ0v) is 19.1. The fourth-order valence-electron chi connectivity index (χ4n) is 3.33. The molecule has 0 radical (unpaired) electrons. The number of fused-ring (bicyclic) bond motifs is 1. The van der Waals surface area contributed by atoms with Gasteiger partial charge in [0.1, 0.15) is 17.7 Å². The molecule has 1 aromatic heterocycles. The van der Waals surface area contributed by atoms with E-state index in [1.807, 2.05) is 13.8 Å². The Morgan fingerprint density at radius 2 is 1.88 bits per heavy atom. The molecular weight excluding hydrogens is 435 g/mol. The molecule has 1 atom stereocenters. The van der Waals surface area contributed by atoms with Crippen molar-refractivity contribution < 1.29 is 27.4 Å². The van der Waals surface area contributed by atoms with Gasteiger partial charge in [-0.15, -0.1) is 0 Å². The van der Waals surface area contributed by atoms with Crippen LogP contribution in [0, 0.1) is 6.92 Å². The maximum Gasteiger partial charge on any atom is 0.416 e. The van der Waals surface area contributed by atoms with Crippen LogP contribution in [0.5, 0.6) is 11.5 Å². The highest BCUT2D eigenvalue weighted by molar-refractivity contribution is 5.91. The van der Waals surface area contributed by atoms with Crippen molar-refractivity contribution >= 4 is 16.7 Å². The van der Waals surface area contributed by atoms with Crippen LogP contribution in [0.4, 0.5) is 19.0 Å². The number of aryl methyl sites for hydroxylation is 1. The molecule has 9 heteroatoms. The first kappa shape index (κ1) is 24.6. The third-order valence-corrected chi connectivity index (χ3v) is 4.84. The van der Waals surface area contributed by atoms with Crippen molar-refractivity contribution in [3.63, 3.8) is 0 Å². The summed E-state index contributed by atoms with van der Waals surface area (Å²) >= 11 is 0. The van der Waals surface area contributed by atoms with Gasteiger partial charge in [0, 0.05) is 24.6 Å². The third-order valence-electron chi connectivity index (χ3n) is 4.84. The van der Waals surface area contributed by atoms with Crippen LogP contribution in [0.3, 0.4) is 0 Å². The van der Waals surface area contributed by atoms with E-state index in [0.29, 0.717) is 52.8 Å². The largest absolute Gasteiger partial charge is 0.493 e. The molecule has 1 N–H and O–H groups in total. The first-order chi connectivity index (χ1) is 15.7. The van der Waals surface area contributed by atoms with Crippen LogP contribution in [0.15, 0.2) is 36.4 Å². The maximum atomic E-state index is 13.0. The van der Waals surface area contributed by atoms with Gasteiger partial charge in [0.2, 0.25) is 0 Å². The molecule has 3 aromatic rings. The topological polar surface area (TPSA) is 65.5 Å². The summed E-state index contributed by atoms with van der Waals surface area (Å²) in [4.78, 5) is 8.93. The van der Waals surface area contributed by atoms with Gasteiger partial charge in [0.15, 0.2) is 11.5 Å². The number of nitrogens with one attached hydrogen (secondary N) is 1. The molecule has 0 fully saturated rings. The van der Waals surface area contributed by atoms with Crippen LogP contribution in [-0.4, -0.2) is 36.4 Å². The van der Waals surface area contributed by atoms with Gasteiger partial charge in [0.25, 0.3) is 0 Å². The molecular formula is C24H28F3N3O3. The van der Waals surface area contributed by atoms with Gasteiger partial charge in [-0.3, -0.25) is 0 Å². The van der Waals surface area contributed by atoms with Crippen LogP contribution in [0.1, 0.15) is 37.2 Å². The summed E-state index contributed by atoms with van der Waals surface area (Å²) in [6, 6.07) is 8.73. The molecule has 1 heterocycles. The minimum atomic E-state index is -4.39. The molecule has 178 valence electrons. The Bertz CT molecular complexity index is 1090. The molecule has 0 spiro atoms. The smallest absolute Gasteiger partial charge is 0.416 e. The maximum absolute atomic E-state index is 13.0. The summed E-state index contributed by atoms with van der Waals surface area (Å²) < 4.78 is 56.2. The zero-order valence-electron chi connectivity index (χ0n) is 19.1. The highest BCUT2D eigenvalue weighted by atomic mass is 19.4. The van der Waals surface area contributed by atoms with E-state index in [1.165, 1.54) is 6.07 Å². The zero-order chi connectivity index (χ0) is 24.0. The second-order valence-electron chi connectivity index (χ2n) is 7.69. The predicted molar refractivity (Wildman–Crippen MR) is 121 cm³/mol.